The SMILES string of the molecule is CO[Si](CCCSCCc1ccc(-c2cc(C=N[C@@H]3CCCC[C@H]3N=Cc3cc(-c4ccc(CCSCCC[Si](OC)(OC)OC)cc4)cc(C(C)(C)C)c3O)c(O)c(C(C)(C)C)c2)cc1)(OC)OC. The van der Waals surface area contributed by atoms with Crippen molar-refractivity contribution in [3.05, 3.63) is 106 Å². The molecule has 2 atom stereocenters. The lowest BCUT2D eigenvalue weighted by atomic mass is 9.83. The third-order valence-corrected chi connectivity index (χ3v) is 21.3. The molecule has 1 aliphatic rings. The van der Waals surface area contributed by atoms with Gasteiger partial charge in [-0.25, -0.2) is 0 Å². The summed E-state index contributed by atoms with van der Waals surface area (Å²) in [6.07, 6.45) is 11.6. The fraction of sp³-hybridized carbons (Fsp3) is 0.536. The van der Waals surface area contributed by atoms with Crippen LogP contribution in [0.4, 0.5) is 0 Å². The first-order chi connectivity index (χ1) is 33.4. The second kappa shape index (κ2) is 27.1. The van der Waals surface area contributed by atoms with Gasteiger partial charge in [-0.15, -0.1) is 0 Å². The van der Waals surface area contributed by atoms with Crippen LogP contribution in [0.1, 0.15) is 113 Å². The van der Waals surface area contributed by atoms with Crippen LogP contribution in [0, 0.1) is 0 Å². The molecule has 14 heteroatoms. The molecule has 0 aromatic heterocycles. The molecule has 0 aliphatic heterocycles. The van der Waals surface area contributed by atoms with Crippen LogP contribution in [-0.2, 0) is 50.2 Å². The predicted molar refractivity (Wildman–Crippen MR) is 300 cm³/mol. The van der Waals surface area contributed by atoms with Gasteiger partial charge in [0.1, 0.15) is 11.5 Å². The van der Waals surface area contributed by atoms with Gasteiger partial charge in [0.05, 0.1) is 12.1 Å². The summed E-state index contributed by atoms with van der Waals surface area (Å²) in [7, 11) is 4.96. The van der Waals surface area contributed by atoms with E-state index in [2.05, 4.69) is 114 Å². The van der Waals surface area contributed by atoms with Crippen LogP contribution in [0.3, 0.4) is 0 Å². The minimum absolute atomic E-state index is 0.0533. The lowest BCUT2D eigenvalue weighted by Gasteiger charge is -2.26. The molecule has 0 saturated heterocycles. The van der Waals surface area contributed by atoms with Crippen LogP contribution in [0.15, 0.2) is 82.8 Å². The van der Waals surface area contributed by atoms with Gasteiger partial charge in [-0.1, -0.05) is 103 Å². The Labute approximate surface area is 431 Å². The lowest BCUT2D eigenvalue weighted by Crippen LogP contribution is -2.42. The number of benzene rings is 4. The number of thioether (sulfide) groups is 2. The third-order valence-electron chi connectivity index (χ3n) is 13.5. The Bertz CT molecular complexity index is 2110. The zero-order valence-electron chi connectivity index (χ0n) is 44.2. The van der Waals surface area contributed by atoms with Gasteiger partial charge in [-0.3, -0.25) is 9.98 Å². The van der Waals surface area contributed by atoms with Gasteiger partial charge in [-0.05, 0) is 130 Å². The lowest BCUT2D eigenvalue weighted by molar-refractivity contribution is 0.123. The molecule has 0 unspecified atom stereocenters. The van der Waals surface area contributed by atoms with Gasteiger partial charge < -0.3 is 36.8 Å². The number of hydrogen-bond donors (Lipinski definition) is 2. The first kappa shape index (κ1) is 57.6. The minimum Gasteiger partial charge on any atom is -0.507 e. The molecule has 10 nitrogen and oxygen atoms in total. The van der Waals surface area contributed by atoms with Crippen LogP contribution >= 0.6 is 23.5 Å². The molecule has 0 spiro atoms. The monoisotopic (exact) mass is 1030 g/mol. The van der Waals surface area contributed by atoms with E-state index in [1.54, 1.807) is 42.7 Å². The molecular formula is C56H82N2O8S2Si2. The standard InChI is InChI=1S/C56H82N2O8S2Si2/c1-55(2,3)49-37-45(43-23-19-41(20-24-43)27-31-67-29-15-33-69(61-7,62-8)63-9)35-47(53(49)59)39-57-51-17-13-14-18-52(51)58-40-48-36-46(38-50(54(48)60)56(4,5)6)44-25-21-42(22-26-44)28-32-68-30-16-34-70(64-10,65-11)66-12/h19-26,35-40,51-52,59-60H,13-18,27-34H2,1-12H3/t51-,52-/m1/s1. The van der Waals surface area contributed by atoms with E-state index < -0.39 is 17.6 Å². The molecule has 70 heavy (non-hydrogen) atoms. The first-order valence-corrected chi connectivity index (χ1v) is 31.1. The summed E-state index contributed by atoms with van der Waals surface area (Å²) in [5.74, 6) is 4.67. The van der Waals surface area contributed by atoms with E-state index in [1.165, 1.54) is 11.1 Å². The Kier molecular flexibility index (Phi) is 22.3. The minimum atomic E-state index is -2.52. The smallest absolute Gasteiger partial charge is 0.500 e. The fourth-order valence-corrected chi connectivity index (χ4v) is 14.8. The maximum Gasteiger partial charge on any atom is 0.500 e. The van der Waals surface area contributed by atoms with E-state index in [4.69, 9.17) is 36.5 Å². The summed E-state index contributed by atoms with van der Waals surface area (Å²) < 4.78 is 33.4. The Balaban J connectivity index is 1.28. The van der Waals surface area contributed by atoms with Crippen molar-refractivity contribution in [1.29, 1.82) is 0 Å². The largest absolute Gasteiger partial charge is 0.507 e. The van der Waals surface area contributed by atoms with Crippen LogP contribution in [0.5, 0.6) is 11.5 Å². The van der Waals surface area contributed by atoms with Crippen molar-refractivity contribution in [3.63, 3.8) is 0 Å². The highest BCUT2D eigenvalue weighted by Crippen LogP contribution is 2.39. The molecule has 1 saturated carbocycles. The van der Waals surface area contributed by atoms with E-state index in [0.29, 0.717) is 11.1 Å². The highest BCUT2D eigenvalue weighted by molar-refractivity contribution is 7.99. The number of hydrogen-bond acceptors (Lipinski definition) is 12. The summed E-state index contributed by atoms with van der Waals surface area (Å²) >= 11 is 3.88. The van der Waals surface area contributed by atoms with Crippen LogP contribution in [0.25, 0.3) is 22.3 Å². The maximum absolute atomic E-state index is 11.7. The average molecular weight is 1030 g/mol. The number of aromatic hydroxyl groups is 2. The zero-order chi connectivity index (χ0) is 51.0. The molecule has 384 valence electrons. The second-order valence-electron chi connectivity index (χ2n) is 20.3. The van der Waals surface area contributed by atoms with Gasteiger partial charge in [-0.2, -0.15) is 23.5 Å². The van der Waals surface area contributed by atoms with E-state index >= 15 is 0 Å². The van der Waals surface area contributed by atoms with Crippen molar-refractivity contribution in [2.75, 3.05) is 65.7 Å². The Hall–Kier alpha value is -3.29. The van der Waals surface area contributed by atoms with Crippen molar-refractivity contribution in [2.45, 2.75) is 128 Å². The zero-order valence-corrected chi connectivity index (χ0v) is 47.8. The van der Waals surface area contributed by atoms with Crippen molar-refractivity contribution >= 4 is 53.6 Å². The molecule has 1 aliphatic carbocycles. The molecule has 2 N–H and O–H groups in total. The van der Waals surface area contributed by atoms with E-state index in [1.807, 2.05) is 36.0 Å². The molecule has 0 bridgehead atoms. The quantitative estimate of drug-likeness (QED) is 0.0357. The molecule has 1 fully saturated rings. The van der Waals surface area contributed by atoms with Crippen molar-refractivity contribution in [3.8, 4) is 33.8 Å². The molecule has 5 rings (SSSR count). The van der Waals surface area contributed by atoms with Crippen LogP contribution < -0.4 is 0 Å². The Morgan fingerprint density at radius 3 is 1.17 bits per heavy atom. The molecule has 0 heterocycles. The van der Waals surface area contributed by atoms with E-state index in [0.717, 1.165) is 120 Å². The molecule has 0 amide bonds. The highest BCUT2D eigenvalue weighted by atomic mass is 32.2. The number of aliphatic imine (C=N–C) groups is 2. The van der Waals surface area contributed by atoms with Crippen LogP contribution in [0.2, 0.25) is 12.1 Å². The third kappa shape index (κ3) is 16.1. The summed E-state index contributed by atoms with van der Waals surface area (Å²) in [5.41, 5.74) is 9.54. The normalized spacial score (nSPS) is 16.2. The molecular weight excluding hydrogens is 949 g/mol. The number of phenols is 2. The molecule has 0 radical (unpaired) electrons. The van der Waals surface area contributed by atoms with Gasteiger partial charge in [0.25, 0.3) is 0 Å². The Morgan fingerprint density at radius 1 is 0.514 bits per heavy atom. The fourth-order valence-electron chi connectivity index (χ4n) is 8.98. The summed E-state index contributed by atoms with van der Waals surface area (Å²) in [4.78, 5) is 10.3. The van der Waals surface area contributed by atoms with Gasteiger partial charge >= 0.3 is 17.6 Å². The van der Waals surface area contributed by atoms with Gasteiger partial charge in [0.2, 0.25) is 0 Å². The summed E-state index contributed by atoms with van der Waals surface area (Å²) in [6, 6.07) is 27.5. The van der Waals surface area contributed by atoms with E-state index in [9.17, 15) is 10.2 Å². The number of rotatable bonds is 26. The molecule has 4 aromatic rings. The topological polar surface area (TPSA) is 121 Å². The van der Waals surface area contributed by atoms with Crippen molar-refractivity contribution in [1.82, 2.24) is 0 Å². The Morgan fingerprint density at radius 2 is 0.857 bits per heavy atom. The number of aryl methyl sites for hydroxylation is 2. The first-order valence-electron chi connectivity index (χ1n) is 24.9. The number of phenolic OH excluding ortho intramolecular Hbond substituents is 2. The summed E-state index contributed by atoms with van der Waals surface area (Å²) in [5, 5.41) is 23.4. The van der Waals surface area contributed by atoms with Crippen LogP contribution in [-0.4, -0.2) is 118 Å². The maximum atomic E-state index is 11.7. The van der Waals surface area contributed by atoms with Crippen molar-refractivity contribution in [2.24, 2.45) is 9.98 Å². The van der Waals surface area contributed by atoms with Gasteiger partial charge in [0.15, 0.2) is 0 Å². The molecule has 4 aromatic carbocycles. The van der Waals surface area contributed by atoms with Crippen molar-refractivity contribution < 1.29 is 36.8 Å². The highest BCUT2D eigenvalue weighted by Gasteiger charge is 2.37. The number of nitrogens with zero attached hydrogens (tertiary/aromatic N) is 2. The summed E-state index contributed by atoms with van der Waals surface area (Å²) in [6.45, 7) is 12.8. The van der Waals surface area contributed by atoms with Gasteiger partial charge in [0, 0.05) is 89.4 Å². The predicted octanol–water partition coefficient (Wildman–Crippen LogP) is 13.0. The average Bonchev–Trinajstić information content (AvgIpc) is 3.35. The second-order valence-corrected chi connectivity index (χ2v) is 28.9. The van der Waals surface area contributed by atoms with E-state index in [-0.39, 0.29) is 34.4 Å².